The van der Waals surface area contributed by atoms with Gasteiger partial charge in [0, 0.05) is 11.8 Å². The van der Waals surface area contributed by atoms with E-state index >= 15 is 0 Å². The van der Waals surface area contributed by atoms with Crippen molar-refractivity contribution in [1.29, 1.82) is 0 Å². The maximum absolute atomic E-state index is 12.0. The first-order valence-electron chi connectivity index (χ1n) is 6.77. The Balaban J connectivity index is 3.03. The van der Waals surface area contributed by atoms with Crippen LogP contribution in [0.1, 0.15) is 54.4 Å². The minimum Gasteiger partial charge on any atom is -0.298 e. The Hall–Kier alpha value is -1.03. The maximum Gasteiger partial charge on any atom is 0.148 e. The molecule has 1 rings (SSSR count). The minimum atomic E-state index is -0.101. The number of hydrogen-bond donors (Lipinski definition) is 0. The van der Waals surface area contributed by atoms with Crippen LogP contribution in [0, 0.1) is 34.5 Å². The van der Waals surface area contributed by atoms with Crippen LogP contribution in [0.2, 0.25) is 0 Å². The van der Waals surface area contributed by atoms with Crippen molar-refractivity contribution in [2.45, 2.75) is 54.4 Å². The molecule has 0 amide bonds. The van der Waals surface area contributed by atoms with Gasteiger partial charge in [0.2, 0.25) is 0 Å². The second-order valence-electron chi connectivity index (χ2n) is 7.11. The van der Waals surface area contributed by atoms with Crippen molar-refractivity contribution in [2.75, 3.05) is 0 Å². The molecule has 100 valence electrons. The topological polar surface area (TPSA) is 17.1 Å². The van der Waals surface area contributed by atoms with Crippen LogP contribution in [0.3, 0.4) is 0 Å². The summed E-state index contributed by atoms with van der Waals surface area (Å²) in [6.45, 7) is 16.7. The molecule has 1 fully saturated rings. The second kappa shape index (κ2) is 4.92. The van der Waals surface area contributed by atoms with Gasteiger partial charge in [-0.05, 0) is 45.4 Å². The van der Waals surface area contributed by atoms with Crippen molar-refractivity contribution in [1.82, 2.24) is 0 Å². The van der Waals surface area contributed by atoms with Gasteiger partial charge in [0.05, 0.1) is 5.92 Å². The lowest BCUT2D eigenvalue weighted by molar-refractivity contribution is -0.120. The lowest BCUT2D eigenvalue weighted by Gasteiger charge is -2.34. The summed E-state index contributed by atoms with van der Waals surface area (Å²) < 4.78 is 0. The maximum atomic E-state index is 12.0. The predicted molar refractivity (Wildman–Crippen MR) is 77.0 cm³/mol. The van der Waals surface area contributed by atoms with Crippen LogP contribution in [-0.2, 0) is 4.79 Å². The molecule has 1 nitrogen and oxygen atoms in total. The lowest BCUT2D eigenvalue weighted by atomic mass is 9.69. The smallest absolute Gasteiger partial charge is 0.148 e. The zero-order valence-corrected chi connectivity index (χ0v) is 12.7. The summed E-state index contributed by atoms with van der Waals surface area (Å²) in [7, 11) is 0. The molecule has 0 aliphatic heterocycles. The van der Waals surface area contributed by atoms with Crippen LogP contribution in [0.5, 0.6) is 0 Å². The highest BCUT2D eigenvalue weighted by atomic mass is 16.1. The number of carbonyl (C=O) groups is 1. The molecule has 0 spiro atoms. The summed E-state index contributed by atoms with van der Waals surface area (Å²) in [6.07, 6.45) is 1.62. The highest BCUT2D eigenvalue weighted by Gasteiger charge is 2.43. The summed E-state index contributed by atoms with van der Waals surface area (Å²) in [5, 5.41) is 0. The molecule has 2 atom stereocenters. The Morgan fingerprint density at radius 3 is 2.28 bits per heavy atom. The SMILES string of the molecule is C=C(C)C(C)(C)[C@H]1CCC(=O)[C@@H]1C#CC(C)(C)C. The van der Waals surface area contributed by atoms with E-state index in [2.05, 4.69) is 60.0 Å². The van der Waals surface area contributed by atoms with Crippen molar-refractivity contribution in [2.24, 2.45) is 22.7 Å². The van der Waals surface area contributed by atoms with Gasteiger partial charge in [0.1, 0.15) is 5.78 Å². The molecular formula is C17H26O. The number of allylic oxidation sites excluding steroid dienone is 1. The summed E-state index contributed by atoms with van der Waals surface area (Å²) in [5.74, 6) is 7.00. The van der Waals surface area contributed by atoms with Crippen LogP contribution in [0.15, 0.2) is 12.2 Å². The largest absolute Gasteiger partial charge is 0.298 e. The van der Waals surface area contributed by atoms with E-state index in [1.165, 1.54) is 0 Å². The van der Waals surface area contributed by atoms with Gasteiger partial charge in [-0.2, -0.15) is 0 Å². The summed E-state index contributed by atoms with van der Waals surface area (Å²) in [4.78, 5) is 12.0. The molecule has 0 aromatic heterocycles. The minimum absolute atomic E-state index is 0.0105. The Morgan fingerprint density at radius 2 is 1.83 bits per heavy atom. The van der Waals surface area contributed by atoms with Crippen molar-refractivity contribution in [3.05, 3.63) is 12.2 Å². The molecule has 18 heavy (non-hydrogen) atoms. The third kappa shape index (κ3) is 3.25. The first-order valence-corrected chi connectivity index (χ1v) is 6.77. The number of Topliss-reactive ketones (excluding diaryl/α,β-unsaturated/α-hetero) is 1. The molecule has 0 aromatic carbocycles. The molecule has 0 heterocycles. The number of carbonyl (C=O) groups excluding carboxylic acids is 1. The van der Waals surface area contributed by atoms with Gasteiger partial charge >= 0.3 is 0 Å². The van der Waals surface area contributed by atoms with Gasteiger partial charge in [-0.25, -0.2) is 0 Å². The number of hydrogen-bond acceptors (Lipinski definition) is 1. The lowest BCUT2D eigenvalue weighted by Crippen LogP contribution is -2.29. The molecule has 0 radical (unpaired) electrons. The van der Waals surface area contributed by atoms with Gasteiger partial charge in [0.25, 0.3) is 0 Å². The highest BCUT2D eigenvalue weighted by Crippen LogP contribution is 2.45. The van der Waals surface area contributed by atoms with E-state index in [4.69, 9.17) is 0 Å². The van der Waals surface area contributed by atoms with Crippen LogP contribution in [0.25, 0.3) is 0 Å². The fraction of sp³-hybridized carbons (Fsp3) is 0.706. The van der Waals surface area contributed by atoms with Gasteiger partial charge in [-0.15, -0.1) is 0 Å². The van der Waals surface area contributed by atoms with Crippen LogP contribution >= 0.6 is 0 Å². The summed E-state index contributed by atoms with van der Waals surface area (Å²) >= 11 is 0. The molecule has 1 heteroatoms. The van der Waals surface area contributed by atoms with Gasteiger partial charge in [0.15, 0.2) is 0 Å². The Morgan fingerprint density at radius 1 is 1.28 bits per heavy atom. The second-order valence-corrected chi connectivity index (χ2v) is 7.11. The molecule has 0 unspecified atom stereocenters. The highest BCUT2D eigenvalue weighted by molar-refractivity contribution is 5.86. The Bertz CT molecular complexity index is 409. The third-order valence-electron chi connectivity index (χ3n) is 4.08. The van der Waals surface area contributed by atoms with Gasteiger partial charge < -0.3 is 0 Å². The fourth-order valence-electron chi connectivity index (χ4n) is 2.41. The molecule has 1 aliphatic rings. The monoisotopic (exact) mass is 246 g/mol. The standard InChI is InChI=1S/C17H26O/c1-12(2)17(6,7)14-8-9-15(18)13(14)10-11-16(3,4)5/h13-14H,1,8-9H2,2-7H3/t13-,14+/m1/s1. The van der Waals surface area contributed by atoms with Crippen LogP contribution in [0.4, 0.5) is 0 Å². The van der Waals surface area contributed by atoms with Crippen molar-refractivity contribution >= 4 is 5.78 Å². The third-order valence-corrected chi connectivity index (χ3v) is 4.08. The average molecular weight is 246 g/mol. The number of rotatable bonds is 2. The molecule has 1 aliphatic carbocycles. The molecule has 0 aromatic rings. The molecule has 0 bridgehead atoms. The number of ketones is 1. The average Bonchev–Trinajstić information content (AvgIpc) is 2.56. The molecular weight excluding hydrogens is 220 g/mol. The molecule has 0 saturated heterocycles. The van der Waals surface area contributed by atoms with Crippen LogP contribution < -0.4 is 0 Å². The van der Waals surface area contributed by atoms with E-state index in [9.17, 15) is 4.79 Å². The van der Waals surface area contributed by atoms with Gasteiger partial charge in [-0.3, -0.25) is 4.79 Å². The Kier molecular flexibility index (Phi) is 4.11. The Labute approximate surface area is 112 Å². The molecule has 0 N–H and O–H groups in total. The molecule has 1 saturated carbocycles. The fourth-order valence-corrected chi connectivity index (χ4v) is 2.41. The van der Waals surface area contributed by atoms with E-state index in [-0.39, 0.29) is 16.7 Å². The summed E-state index contributed by atoms with van der Waals surface area (Å²) in [5.41, 5.74) is 1.09. The van der Waals surface area contributed by atoms with E-state index in [0.29, 0.717) is 18.1 Å². The quantitative estimate of drug-likeness (QED) is 0.526. The van der Waals surface area contributed by atoms with Gasteiger partial charge in [-0.1, -0.05) is 37.8 Å². The van der Waals surface area contributed by atoms with E-state index in [1.807, 2.05) is 0 Å². The zero-order valence-electron chi connectivity index (χ0n) is 12.7. The predicted octanol–water partition coefficient (Wildman–Crippen LogP) is 4.23. The van der Waals surface area contributed by atoms with Crippen molar-refractivity contribution in [3.8, 4) is 11.8 Å². The van der Waals surface area contributed by atoms with E-state index < -0.39 is 0 Å². The normalized spacial score (nSPS) is 24.7. The zero-order chi connectivity index (χ0) is 14.1. The first kappa shape index (κ1) is 15.0. The van der Waals surface area contributed by atoms with E-state index in [0.717, 1.165) is 12.0 Å². The van der Waals surface area contributed by atoms with Crippen molar-refractivity contribution in [3.63, 3.8) is 0 Å². The van der Waals surface area contributed by atoms with E-state index in [1.54, 1.807) is 0 Å². The van der Waals surface area contributed by atoms with Crippen LogP contribution in [-0.4, -0.2) is 5.78 Å². The first-order chi connectivity index (χ1) is 8.05. The van der Waals surface area contributed by atoms with Crippen molar-refractivity contribution < 1.29 is 4.79 Å². The summed E-state index contributed by atoms with van der Waals surface area (Å²) in [6, 6.07) is 0.